The maximum Gasteiger partial charge on any atom is 0.308 e. The first-order valence-electron chi connectivity index (χ1n) is 10.8. The Morgan fingerprint density at radius 1 is 0.706 bits per heavy atom. The van der Waals surface area contributed by atoms with Crippen LogP contribution < -0.4 is 0 Å². The van der Waals surface area contributed by atoms with Crippen molar-refractivity contribution in [1.29, 1.82) is 0 Å². The molecule has 0 amide bonds. The van der Waals surface area contributed by atoms with Crippen molar-refractivity contribution >= 4 is 29.8 Å². The molecule has 34 heavy (non-hydrogen) atoms. The van der Waals surface area contributed by atoms with E-state index in [1.54, 1.807) is 20.8 Å². The van der Waals surface area contributed by atoms with E-state index in [2.05, 4.69) is 0 Å². The number of hydrogen-bond acceptors (Lipinski definition) is 12. The number of ether oxygens (including phenoxy) is 7. The molecule has 0 aromatic carbocycles. The molecule has 0 rings (SSSR count). The summed E-state index contributed by atoms with van der Waals surface area (Å²) in [6, 6.07) is 0. The minimum Gasteiger partial charge on any atom is -0.466 e. The molecule has 0 saturated carbocycles. The van der Waals surface area contributed by atoms with E-state index in [0.29, 0.717) is 0 Å². The van der Waals surface area contributed by atoms with Gasteiger partial charge in [-0.15, -0.1) is 0 Å². The molecule has 0 aromatic rings. The highest BCUT2D eigenvalue weighted by molar-refractivity contribution is 5.70. The Balaban J connectivity index is 6.15. The summed E-state index contributed by atoms with van der Waals surface area (Å²) in [4.78, 5) is 58.8. The molecule has 12 heteroatoms. The van der Waals surface area contributed by atoms with Gasteiger partial charge in [0, 0.05) is 40.7 Å². The second-order valence-electron chi connectivity index (χ2n) is 7.56. The van der Waals surface area contributed by atoms with Gasteiger partial charge in [0.1, 0.15) is 6.10 Å². The van der Waals surface area contributed by atoms with Crippen molar-refractivity contribution in [3.63, 3.8) is 0 Å². The molecule has 0 aliphatic carbocycles. The highest BCUT2D eigenvalue weighted by Crippen LogP contribution is 2.25. The fourth-order valence-electron chi connectivity index (χ4n) is 3.02. The summed E-state index contributed by atoms with van der Waals surface area (Å²) in [5.41, 5.74) is 0. The molecule has 196 valence electrons. The zero-order valence-electron chi connectivity index (χ0n) is 21.0. The van der Waals surface area contributed by atoms with E-state index in [1.165, 1.54) is 14.0 Å². The van der Waals surface area contributed by atoms with Crippen LogP contribution in [0.25, 0.3) is 0 Å². The third kappa shape index (κ3) is 12.5. The van der Waals surface area contributed by atoms with E-state index < -0.39 is 66.5 Å². The van der Waals surface area contributed by atoms with Gasteiger partial charge in [-0.05, 0) is 13.8 Å². The van der Waals surface area contributed by atoms with Gasteiger partial charge in [0.25, 0.3) is 0 Å². The number of esters is 5. The maximum atomic E-state index is 11.9. The first kappa shape index (κ1) is 31.3. The normalized spacial score (nSPS) is 16.1. The summed E-state index contributed by atoms with van der Waals surface area (Å²) in [6.07, 6.45) is -6.25. The fraction of sp³-hybridized carbons (Fsp3) is 0.773. The average Bonchev–Trinajstić information content (AvgIpc) is 2.70. The van der Waals surface area contributed by atoms with Crippen LogP contribution in [0.3, 0.4) is 0 Å². The van der Waals surface area contributed by atoms with Crippen LogP contribution in [0.4, 0.5) is 0 Å². The molecule has 6 unspecified atom stereocenters. The Kier molecular flexibility index (Phi) is 14.7. The van der Waals surface area contributed by atoms with Gasteiger partial charge in [0.2, 0.25) is 0 Å². The van der Waals surface area contributed by atoms with Crippen molar-refractivity contribution in [3.8, 4) is 0 Å². The molecule has 0 radical (unpaired) electrons. The van der Waals surface area contributed by atoms with Crippen molar-refractivity contribution < 1.29 is 57.1 Å². The third-order valence-corrected chi connectivity index (χ3v) is 4.29. The standard InChI is InChI=1S/C22H36O12/c1-9-29-18(27)10-13(3)31-22(28-8)21(34-17(7)26)20(33-16(6)25)19(32-15(5)24)12(2)11-30-14(4)23/h12-13,19-22H,9-11H2,1-8H3. The number of hydrogen-bond donors (Lipinski definition) is 0. The van der Waals surface area contributed by atoms with Crippen LogP contribution in [0.2, 0.25) is 0 Å². The van der Waals surface area contributed by atoms with E-state index in [9.17, 15) is 24.0 Å². The van der Waals surface area contributed by atoms with Gasteiger partial charge in [-0.25, -0.2) is 0 Å². The number of rotatable bonds is 15. The van der Waals surface area contributed by atoms with Gasteiger partial charge in [0.05, 0.1) is 25.7 Å². The summed E-state index contributed by atoms with van der Waals surface area (Å²) in [5.74, 6) is -4.03. The van der Waals surface area contributed by atoms with Crippen LogP contribution in [0.5, 0.6) is 0 Å². The third-order valence-electron chi connectivity index (χ3n) is 4.29. The molecule has 0 N–H and O–H groups in total. The van der Waals surface area contributed by atoms with E-state index in [-0.39, 0.29) is 19.6 Å². The summed E-state index contributed by atoms with van der Waals surface area (Å²) in [6.45, 7) is 9.41. The lowest BCUT2D eigenvalue weighted by molar-refractivity contribution is -0.250. The van der Waals surface area contributed by atoms with Crippen molar-refractivity contribution in [2.24, 2.45) is 5.92 Å². The smallest absolute Gasteiger partial charge is 0.308 e. The summed E-state index contributed by atoms with van der Waals surface area (Å²) < 4.78 is 37.2. The molecule has 0 aromatic heterocycles. The van der Waals surface area contributed by atoms with Crippen LogP contribution in [0, 0.1) is 5.92 Å². The zero-order valence-corrected chi connectivity index (χ0v) is 21.0. The summed E-state index contributed by atoms with van der Waals surface area (Å²) in [7, 11) is 1.26. The zero-order chi connectivity index (χ0) is 26.4. The highest BCUT2D eigenvalue weighted by Gasteiger charge is 2.45. The Morgan fingerprint density at radius 2 is 1.21 bits per heavy atom. The van der Waals surface area contributed by atoms with Gasteiger partial charge in [0.15, 0.2) is 18.5 Å². The van der Waals surface area contributed by atoms with Crippen LogP contribution >= 0.6 is 0 Å². The second-order valence-corrected chi connectivity index (χ2v) is 7.56. The molecule has 0 heterocycles. The maximum absolute atomic E-state index is 11.9. The van der Waals surface area contributed by atoms with Crippen molar-refractivity contribution in [1.82, 2.24) is 0 Å². The van der Waals surface area contributed by atoms with Gasteiger partial charge < -0.3 is 33.2 Å². The molecule has 0 spiro atoms. The molecule has 12 nitrogen and oxygen atoms in total. The number of carbonyl (C=O) groups excluding carboxylic acids is 5. The lowest BCUT2D eigenvalue weighted by Crippen LogP contribution is -2.54. The Hall–Kier alpha value is -2.73. The SMILES string of the molecule is CCOC(=O)CC(C)OC(OC)C(OC(C)=O)C(OC(C)=O)C(OC(C)=O)C(C)COC(C)=O. The summed E-state index contributed by atoms with van der Waals surface area (Å²) >= 11 is 0. The largest absolute Gasteiger partial charge is 0.466 e. The monoisotopic (exact) mass is 492 g/mol. The van der Waals surface area contributed by atoms with E-state index in [0.717, 1.165) is 20.8 Å². The van der Waals surface area contributed by atoms with Crippen LogP contribution in [-0.2, 0) is 57.1 Å². The van der Waals surface area contributed by atoms with Crippen LogP contribution in [0.1, 0.15) is 54.9 Å². The lowest BCUT2D eigenvalue weighted by Gasteiger charge is -2.37. The number of methoxy groups -OCH3 is 1. The van der Waals surface area contributed by atoms with Gasteiger partial charge in [-0.1, -0.05) is 6.92 Å². The molecule has 0 bridgehead atoms. The minimum absolute atomic E-state index is 0.130. The first-order chi connectivity index (χ1) is 15.8. The highest BCUT2D eigenvalue weighted by atomic mass is 16.7. The van der Waals surface area contributed by atoms with Crippen molar-refractivity contribution in [2.45, 2.75) is 85.6 Å². The molecule has 0 aliphatic rings. The Bertz CT molecular complexity index is 691. The lowest BCUT2D eigenvalue weighted by atomic mass is 9.95. The number of carbonyl (C=O) groups is 5. The molecular weight excluding hydrogens is 456 g/mol. The molecule has 0 fully saturated rings. The second kappa shape index (κ2) is 16.0. The van der Waals surface area contributed by atoms with E-state index in [1.807, 2.05) is 0 Å². The Labute approximate surface area is 199 Å². The average molecular weight is 493 g/mol. The van der Waals surface area contributed by atoms with Gasteiger partial charge >= 0.3 is 29.8 Å². The molecular formula is C22H36O12. The van der Waals surface area contributed by atoms with E-state index >= 15 is 0 Å². The quantitative estimate of drug-likeness (QED) is 0.184. The summed E-state index contributed by atoms with van der Waals surface area (Å²) in [5, 5.41) is 0. The Morgan fingerprint density at radius 3 is 1.65 bits per heavy atom. The topological polar surface area (TPSA) is 150 Å². The van der Waals surface area contributed by atoms with Crippen LogP contribution in [-0.4, -0.2) is 80.9 Å². The van der Waals surface area contributed by atoms with Gasteiger partial charge in [-0.3, -0.25) is 24.0 Å². The fourth-order valence-corrected chi connectivity index (χ4v) is 3.02. The molecule has 0 aliphatic heterocycles. The molecule has 6 atom stereocenters. The van der Waals surface area contributed by atoms with Crippen molar-refractivity contribution in [2.75, 3.05) is 20.3 Å². The van der Waals surface area contributed by atoms with Crippen molar-refractivity contribution in [3.05, 3.63) is 0 Å². The predicted molar refractivity (Wildman–Crippen MR) is 115 cm³/mol. The first-order valence-corrected chi connectivity index (χ1v) is 10.8. The van der Waals surface area contributed by atoms with Crippen LogP contribution in [0.15, 0.2) is 0 Å². The minimum atomic E-state index is -1.42. The molecule has 0 saturated heterocycles. The predicted octanol–water partition coefficient (Wildman–Crippen LogP) is 1.31. The van der Waals surface area contributed by atoms with E-state index in [4.69, 9.17) is 33.2 Å². The van der Waals surface area contributed by atoms with Gasteiger partial charge in [-0.2, -0.15) is 0 Å².